The number of hydrogen-bond donors (Lipinski definition) is 3. The third-order valence-electron chi connectivity index (χ3n) is 2.76. The van der Waals surface area contributed by atoms with E-state index in [9.17, 15) is 5.11 Å². The molecular formula is C15H25NO3. The molecule has 2 unspecified atom stereocenters. The van der Waals surface area contributed by atoms with E-state index in [0.29, 0.717) is 19.5 Å². The monoisotopic (exact) mass is 267 g/mol. The Balaban J connectivity index is 2.24. The van der Waals surface area contributed by atoms with Crippen LogP contribution in [0.1, 0.15) is 24.5 Å². The fourth-order valence-electron chi connectivity index (χ4n) is 1.85. The highest BCUT2D eigenvalue weighted by atomic mass is 16.5. The van der Waals surface area contributed by atoms with Crippen LogP contribution in [0.15, 0.2) is 18.2 Å². The molecule has 0 spiro atoms. The maximum atomic E-state index is 9.76. The highest BCUT2D eigenvalue weighted by molar-refractivity contribution is 5.32. The number of rotatable bonds is 8. The van der Waals surface area contributed by atoms with Crippen LogP contribution < -0.4 is 10.1 Å². The lowest BCUT2D eigenvalue weighted by Crippen LogP contribution is -2.32. The first-order chi connectivity index (χ1) is 8.97. The molecule has 0 aromatic heterocycles. The Morgan fingerprint density at radius 1 is 1.16 bits per heavy atom. The zero-order valence-electron chi connectivity index (χ0n) is 12.0. The van der Waals surface area contributed by atoms with Crippen LogP contribution in [0.2, 0.25) is 0 Å². The lowest BCUT2D eigenvalue weighted by atomic mass is 10.1. The second-order valence-electron chi connectivity index (χ2n) is 5.13. The van der Waals surface area contributed by atoms with Crippen molar-refractivity contribution in [2.75, 3.05) is 19.7 Å². The highest BCUT2D eigenvalue weighted by Gasteiger charge is 2.06. The number of nitrogens with one attached hydrogen (secondary N) is 1. The molecule has 0 aliphatic carbocycles. The van der Waals surface area contributed by atoms with E-state index in [0.717, 1.165) is 16.9 Å². The number of ether oxygens (including phenoxy) is 1. The molecule has 2 atom stereocenters. The molecule has 0 amide bonds. The summed E-state index contributed by atoms with van der Waals surface area (Å²) in [6, 6.07) is 6.00. The van der Waals surface area contributed by atoms with E-state index in [1.807, 2.05) is 26.0 Å². The summed E-state index contributed by atoms with van der Waals surface area (Å²) in [5, 5.41) is 21.9. The zero-order chi connectivity index (χ0) is 14.3. The number of benzene rings is 1. The van der Waals surface area contributed by atoms with Gasteiger partial charge in [-0.1, -0.05) is 6.07 Å². The van der Waals surface area contributed by atoms with Gasteiger partial charge in [-0.3, -0.25) is 0 Å². The zero-order valence-corrected chi connectivity index (χ0v) is 12.0. The third-order valence-corrected chi connectivity index (χ3v) is 2.76. The van der Waals surface area contributed by atoms with Crippen LogP contribution >= 0.6 is 0 Å². The Labute approximate surface area is 115 Å². The van der Waals surface area contributed by atoms with Gasteiger partial charge >= 0.3 is 0 Å². The molecule has 19 heavy (non-hydrogen) atoms. The minimum absolute atomic E-state index is 0.268. The smallest absolute Gasteiger partial charge is 0.119 e. The molecule has 4 nitrogen and oxygen atoms in total. The predicted molar refractivity (Wildman–Crippen MR) is 76.6 cm³/mol. The standard InChI is InChI=1S/C15H25NO3/c1-11-6-12(2)8-15(7-11)19-10-14(18)9-16-5-4-13(3)17/h6-8,13-14,16-18H,4-5,9-10H2,1-3H3. The lowest BCUT2D eigenvalue weighted by Gasteiger charge is -2.14. The molecule has 0 heterocycles. The molecule has 1 aromatic rings. The van der Waals surface area contributed by atoms with Crippen LogP contribution in [-0.4, -0.2) is 42.1 Å². The summed E-state index contributed by atoms with van der Waals surface area (Å²) in [4.78, 5) is 0. The third kappa shape index (κ3) is 7.15. The first-order valence-corrected chi connectivity index (χ1v) is 6.75. The molecular weight excluding hydrogens is 242 g/mol. The fraction of sp³-hybridized carbons (Fsp3) is 0.600. The van der Waals surface area contributed by atoms with E-state index in [4.69, 9.17) is 9.84 Å². The van der Waals surface area contributed by atoms with Gasteiger partial charge in [-0.2, -0.15) is 0 Å². The number of aryl methyl sites for hydroxylation is 2. The first-order valence-electron chi connectivity index (χ1n) is 6.75. The maximum absolute atomic E-state index is 9.76. The molecule has 0 bridgehead atoms. The van der Waals surface area contributed by atoms with Crippen molar-refractivity contribution in [3.63, 3.8) is 0 Å². The Morgan fingerprint density at radius 2 is 1.79 bits per heavy atom. The van der Waals surface area contributed by atoms with Crippen molar-refractivity contribution < 1.29 is 14.9 Å². The summed E-state index contributed by atoms with van der Waals surface area (Å²) in [6.07, 6.45) is -0.170. The van der Waals surface area contributed by atoms with Gasteiger partial charge in [0, 0.05) is 6.54 Å². The largest absolute Gasteiger partial charge is 0.491 e. The van der Waals surface area contributed by atoms with Crippen molar-refractivity contribution in [3.05, 3.63) is 29.3 Å². The lowest BCUT2D eigenvalue weighted by molar-refractivity contribution is 0.104. The van der Waals surface area contributed by atoms with Gasteiger partial charge in [-0.05, 0) is 57.0 Å². The van der Waals surface area contributed by atoms with Crippen molar-refractivity contribution in [1.29, 1.82) is 0 Å². The Kier molecular flexibility index (Phi) is 6.84. The van der Waals surface area contributed by atoms with Crippen LogP contribution in [0.4, 0.5) is 0 Å². The van der Waals surface area contributed by atoms with Crippen LogP contribution in [0.5, 0.6) is 5.75 Å². The summed E-state index contributed by atoms with van der Waals surface area (Å²) in [5.74, 6) is 0.792. The molecule has 4 heteroatoms. The SMILES string of the molecule is Cc1cc(C)cc(OCC(O)CNCCC(C)O)c1. The molecule has 0 saturated carbocycles. The summed E-state index contributed by atoms with van der Waals surface area (Å²) >= 11 is 0. The van der Waals surface area contributed by atoms with Gasteiger partial charge < -0.3 is 20.3 Å². The van der Waals surface area contributed by atoms with Gasteiger partial charge in [0.25, 0.3) is 0 Å². The van der Waals surface area contributed by atoms with Crippen LogP contribution in [0, 0.1) is 13.8 Å². The molecule has 0 aliphatic rings. The Morgan fingerprint density at radius 3 is 2.37 bits per heavy atom. The molecule has 1 rings (SSSR count). The topological polar surface area (TPSA) is 61.7 Å². The normalized spacial score (nSPS) is 14.2. The minimum Gasteiger partial charge on any atom is -0.491 e. The maximum Gasteiger partial charge on any atom is 0.119 e. The molecule has 0 radical (unpaired) electrons. The number of hydrogen-bond acceptors (Lipinski definition) is 4. The average molecular weight is 267 g/mol. The predicted octanol–water partition coefficient (Wildman–Crippen LogP) is 1.40. The number of aliphatic hydroxyl groups excluding tert-OH is 2. The van der Waals surface area contributed by atoms with Crippen molar-refractivity contribution in [2.45, 2.75) is 39.4 Å². The van der Waals surface area contributed by atoms with Crippen molar-refractivity contribution >= 4 is 0 Å². The Bertz CT molecular complexity index is 359. The Hall–Kier alpha value is -1.10. The summed E-state index contributed by atoms with van der Waals surface area (Å²) in [7, 11) is 0. The van der Waals surface area contributed by atoms with Gasteiger partial charge in [-0.25, -0.2) is 0 Å². The van der Waals surface area contributed by atoms with E-state index in [1.165, 1.54) is 0 Å². The molecule has 108 valence electrons. The van der Waals surface area contributed by atoms with Crippen LogP contribution in [-0.2, 0) is 0 Å². The molecule has 0 fully saturated rings. The minimum atomic E-state index is -0.546. The second kappa shape index (κ2) is 8.15. The van der Waals surface area contributed by atoms with E-state index >= 15 is 0 Å². The van der Waals surface area contributed by atoms with E-state index < -0.39 is 6.10 Å². The summed E-state index contributed by atoms with van der Waals surface area (Å²) in [6.45, 7) is 7.23. The van der Waals surface area contributed by atoms with Gasteiger partial charge in [-0.15, -0.1) is 0 Å². The molecule has 0 saturated heterocycles. The molecule has 0 aliphatic heterocycles. The van der Waals surface area contributed by atoms with Crippen LogP contribution in [0.25, 0.3) is 0 Å². The molecule has 1 aromatic carbocycles. The van der Waals surface area contributed by atoms with E-state index in [-0.39, 0.29) is 12.7 Å². The van der Waals surface area contributed by atoms with Gasteiger partial charge in [0.2, 0.25) is 0 Å². The summed E-state index contributed by atoms with van der Waals surface area (Å²) < 4.78 is 5.57. The summed E-state index contributed by atoms with van der Waals surface area (Å²) in [5.41, 5.74) is 2.30. The van der Waals surface area contributed by atoms with Crippen molar-refractivity contribution in [1.82, 2.24) is 5.32 Å². The number of aliphatic hydroxyl groups is 2. The van der Waals surface area contributed by atoms with Gasteiger partial charge in [0.1, 0.15) is 18.5 Å². The highest BCUT2D eigenvalue weighted by Crippen LogP contribution is 2.16. The van der Waals surface area contributed by atoms with Gasteiger partial charge in [0.15, 0.2) is 0 Å². The fourth-order valence-corrected chi connectivity index (χ4v) is 1.85. The quantitative estimate of drug-likeness (QED) is 0.623. The first kappa shape index (κ1) is 16.0. The van der Waals surface area contributed by atoms with Gasteiger partial charge in [0.05, 0.1) is 6.10 Å². The van der Waals surface area contributed by atoms with Crippen molar-refractivity contribution in [2.24, 2.45) is 0 Å². The second-order valence-corrected chi connectivity index (χ2v) is 5.13. The van der Waals surface area contributed by atoms with Crippen LogP contribution in [0.3, 0.4) is 0 Å². The molecule has 3 N–H and O–H groups in total. The van der Waals surface area contributed by atoms with Crippen molar-refractivity contribution in [3.8, 4) is 5.75 Å². The van der Waals surface area contributed by atoms with E-state index in [1.54, 1.807) is 6.92 Å². The average Bonchev–Trinajstić information content (AvgIpc) is 2.31. The van der Waals surface area contributed by atoms with E-state index in [2.05, 4.69) is 11.4 Å².